The summed E-state index contributed by atoms with van der Waals surface area (Å²) in [5.41, 5.74) is 0. The molecule has 0 rings (SSSR count). The number of esters is 1. The lowest BCUT2D eigenvalue weighted by atomic mass is 10.1. The van der Waals surface area contributed by atoms with Crippen molar-refractivity contribution in [3.63, 3.8) is 0 Å². The van der Waals surface area contributed by atoms with E-state index in [0.29, 0.717) is 0 Å². The van der Waals surface area contributed by atoms with Gasteiger partial charge in [0, 0.05) is 6.61 Å². The predicted molar refractivity (Wildman–Crippen MR) is 41.7 cm³/mol. The first-order valence-corrected chi connectivity index (χ1v) is 3.77. The van der Waals surface area contributed by atoms with Crippen molar-refractivity contribution in [1.29, 1.82) is 0 Å². The zero-order valence-corrected chi connectivity index (χ0v) is 7.25. The molecule has 6 heteroatoms. The largest absolute Gasteiger partial charge is 0.467 e. The summed E-state index contributed by atoms with van der Waals surface area (Å²) in [7, 11) is 1.05. The van der Waals surface area contributed by atoms with Gasteiger partial charge in [-0.2, -0.15) is 0 Å². The molecule has 6 nitrogen and oxygen atoms in total. The lowest BCUT2D eigenvalue weighted by molar-refractivity contribution is -0.162. The van der Waals surface area contributed by atoms with E-state index in [9.17, 15) is 4.79 Å². The Bertz CT molecular complexity index is 159. The minimum absolute atomic E-state index is 0.116. The Morgan fingerprint density at radius 1 is 1.38 bits per heavy atom. The molecule has 0 saturated heterocycles. The second-order valence-electron chi connectivity index (χ2n) is 2.54. The zero-order chi connectivity index (χ0) is 10.4. The Kier molecular flexibility index (Phi) is 5.56. The minimum atomic E-state index is -1.79. The fourth-order valence-electron chi connectivity index (χ4n) is 0.774. The van der Waals surface area contributed by atoms with Gasteiger partial charge in [-0.05, 0) is 6.42 Å². The highest BCUT2D eigenvalue weighted by molar-refractivity contribution is 5.74. The molecule has 0 radical (unpaired) electrons. The summed E-state index contributed by atoms with van der Waals surface area (Å²) in [4.78, 5) is 10.7. The summed E-state index contributed by atoms with van der Waals surface area (Å²) >= 11 is 0. The van der Waals surface area contributed by atoms with Crippen LogP contribution in [0, 0.1) is 0 Å². The Morgan fingerprint density at radius 3 is 2.31 bits per heavy atom. The molecule has 0 aromatic heterocycles. The highest BCUT2D eigenvalue weighted by Gasteiger charge is 2.30. The SMILES string of the molecule is COC(=O)C(O)C(O)C(O)CCO. The van der Waals surface area contributed by atoms with Crippen molar-refractivity contribution >= 4 is 5.97 Å². The molecule has 0 bridgehead atoms. The molecule has 0 aliphatic heterocycles. The molecule has 0 aromatic carbocycles. The van der Waals surface area contributed by atoms with E-state index in [4.69, 9.17) is 20.4 Å². The van der Waals surface area contributed by atoms with Crippen LogP contribution < -0.4 is 0 Å². The van der Waals surface area contributed by atoms with E-state index in [2.05, 4.69) is 4.74 Å². The van der Waals surface area contributed by atoms with E-state index in [1.54, 1.807) is 0 Å². The Labute approximate surface area is 75.4 Å². The summed E-state index contributed by atoms with van der Waals surface area (Å²) in [6.45, 7) is -0.341. The standard InChI is InChI=1S/C7H14O6/c1-13-7(12)6(11)5(10)4(9)2-3-8/h4-6,8-11H,2-3H2,1H3. The molecule has 0 heterocycles. The van der Waals surface area contributed by atoms with E-state index < -0.39 is 24.3 Å². The van der Waals surface area contributed by atoms with Crippen LogP contribution in [-0.4, -0.2) is 58.4 Å². The number of hydrogen-bond acceptors (Lipinski definition) is 6. The van der Waals surface area contributed by atoms with Crippen molar-refractivity contribution in [2.45, 2.75) is 24.7 Å². The number of methoxy groups -OCH3 is 1. The van der Waals surface area contributed by atoms with Gasteiger partial charge in [-0.3, -0.25) is 0 Å². The summed E-state index contributed by atoms with van der Waals surface area (Å²) in [6, 6.07) is 0. The van der Waals surface area contributed by atoms with E-state index in [1.165, 1.54) is 0 Å². The lowest BCUT2D eigenvalue weighted by Crippen LogP contribution is -2.43. The van der Waals surface area contributed by atoms with Gasteiger partial charge in [0.05, 0.1) is 13.2 Å². The first-order chi connectivity index (χ1) is 6.04. The van der Waals surface area contributed by atoms with Crippen LogP contribution in [0.2, 0.25) is 0 Å². The highest BCUT2D eigenvalue weighted by atomic mass is 16.5. The summed E-state index contributed by atoms with van der Waals surface area (Å²) in [5.74, 6) is -1.02. The van der Waals surface area contributed by atoms with Crippen molar-refractivity contribution < 1.29 is 30.0 Å². The maximum atomic E-state index is 10.7. The molecule has 0 aliphatic carbocycles. The molecule has 0 aromatic rings. The number of aliphatic hydroxyl groups excluding tert-OH is 4. The van der Waals surface area contributed by atoms with Crippen molar-refractivity contribution in [1.82, 2.24) is 0 Å². The van der Waals surface area contributed by atoms with E-state index in [-0.39, 0.29) is 13.0 Å². The third-order valence-electron chi connectivity index (χ3n) is 1.59. The average molecular weight is 194 g/mol. The van der Waals surface area contributed by atoms with Crippen molar-refractivity contribution in [2.24, 2.45) is 0 Å². The minimum Gasteiger partial charge on any atom is -0.467 e. The van der Waals surface area contributed by atoms with E-state index >= 15 is 0 Å². The number of ether oxygens (including phenoxy) is 1. The van der Waals surface area contributed by atoms with Crippen LogP contribution in [0.3, 0.4) is 0 Å². The average Bonchev–Trinajstić information content (AvgIpc) is 2.14. The van der Waals surface area contributed by atoms with Gasteiger partial charge in [0.15, 0.2) is 6.10 Å². The topological polar surface area (TPSA) is 107 Å². The molecule has 0 amide bonds. The molecule has 0 spiro atoms. The van der Waals surface area contributed by atoms with Crippen LogP contribution in [0.4, 0.5) is 0 Å². The van der Waals surface area contributed by atoms with Gasteiger partial charge in [-0.15, -0.1) is 0 Å². The van der Waals surface area contributed by atoms with E-state index in [1.807, 2.05) is 0 Å². The number of carbonyl (C=O) groups is 1. The maximum Gasteiger partial charge on any atom is 0.337 e. The molecule has 0 fully saturated rings. The predicted octanol–water partition coefficient (Wildman–Crippen LogP) is -2.38. The summed E-state index contributed by atoms with van der Waals surface area (Å²) in [5, 5.41) is 35.6. The third kappa shape index (κ3) is 3.69. The monoisotopic (exact) mass is 194 g/mol. The Morgan fingerprint density at radius 2 is 1.92 bits per heavy atom. The van der Waals surface area contributed by atoms with Crippen LogP contribution in [0.5, 0.6) is 0 Å². The van der Waals surface area contributed by atoms with Gasteiger partial charge in [0.25, 0.3) is 0 Å². The quantitative estimate of drug-likeness (QED) is 0.364. The summed E-state index contributed by atoms with van der Waals surface area (Å²) in [6.07, 6.45) is -4.89. The van der Waals surface area contributed by atoms with Crippen molar-refractivity contribution in [3.8, 4) is 0 Å². The second-order valence-corrected chi connectivity index (χ2v) is 2.54. The van der Waals surface area contributed by atoms with Gasteiger partial charge < -0.3 is 25.2 Å². The number of hydrogen-bond donors (Lipinski definition) is 4. The summed E-state index contributed by atoms with van der Waals surface area (Å²) < 4.78 is 4.14. The van der Waals surface area contributed by atoms with Crippen LogP contribution >= 0.6 is 0 Å². The maximum absolute atomic E-state index is 10.7. The molecule has 4 N–H and O–H groups in total. The van der Waals surface area contributed by atoms with Gasteiger partial charge in [0.2, 0.25) is 0 Å². The van der Waals surface area contributed by atoms with Gasteiger partial charge in [0.1, 0.15) is 6.10 Å². The zero-order valence-electron chi connectivity index (χ0n) is 7.25. The highest BCUT2D eigenvalue weighted by Crippen LogP contribution is 2.04. The number of rotatable bonds is 5. The first kappa shape index (κ1) is 12.3. The van der Waals surface area contributed by atoms with Crippen LogP contribution in [0.1, 0.15) is 6.42 Å². The normalized spacial score (nSPS) is 17.6. The van der Waals surface area contributed by atoms with Crippen LogP contribution in [0.25, 0.3) is 0 Å². The molecule has 0 aliphatic rings. The van der Waals surface area contributed by atoms with E-state index in [0.717, 1.165) is 7.11 Å². The number of aliphatic hydroxyl groups is 4. The Balaban J connectivity index is 4.07. The molecule has 0 saturated carbocycles. The van der Waals surface area contributed by atoms with Crippen LogP contribution in [-0.2, 0) is 9.53 Å². The molecule has 78 valence electrons. The van der Waals surface area contributed by atoms with Crippen LogP contribution in [0.15, 0.2) is 0 Å². The fourth-order valence-corrected chi connectivity index (χ4v) is 0.774. The number of carbonyl (C=O) groups excluding carboxylic acids is 1. The van der Waals surface area contributed by atoms with Gasteiger partial charge >= 0.3 is 5.97 Å². The van der Waals surface area contributed by atoms with Gasteiger partial charge in [-0.25, -0.2) is 4.79 Å². The smallest absolute Gasteiger partial charge is 0.337 e. The van der Waals surface area contributed by atoms with Crippen molar-refractivity contribution in [3.05, 3.63) is 0 Å². The Hall–Kier alpha value is -0.690. The molecule has 3 unspecified atom stereocenters. The fraction of sp³-hybridized carbons (Fsp3) is 0.857. The third-order valence-corrected chi connectivity index (χ3v) is 1.59. The van der Waals surface area contributed by atoms with Crippen molar-refractivity contribution in [2.75, 3.05) is 13.7 Å². The first-order valence-electron chi connectivity index (χ1n) is 3.77. The molecular weight excluding hydrogens is 180 g/mol. The molecule has 13 heavy (non-hydrogen) atoms. The van der Waals surface area contributed by atoms with Gasteiger partial charge in [-0.1, -0.05) is 0 Å². The molecular formula is C7H14O6. The second kappa shape index (κ2) is 5.87. The lowest BCUT2D eigenvalue weighted by Gasteiger charge is -2.20. The molecule has 3 atom stereocenters.